The molecule has 1 rings (SSSR count). The van der Waals surface area contributed by atoms with Crippen molar-refractivity contribution in [3.8, 4) is 0 Å². The maximum absolute atomic E-state index is 2.44. The molecule has 1 aliphatic carbocycles. The molecular weight excluding hydrogens is 156 g/mol. The van der Waals surface area contributed by atoms with Gasteiger partial charge in [-0.25, -0.2) is 0 Å². The molecule has 0 N–H and O–H groups in total. The van der Waals surface area contributed by atoms with Gasteiger partial charge < -0.3 is 0 Å². The highest BCUT2D eigenvalue weighted by atomic mass is 14.4. The zero-order valence-electron chi connectivity index (χ0n) is 9.80. The molecule has 1 saturated carbocycles. The average molecular weight is 180 g/mol. The van der Waals surface area contributed by atoms with Crippen LogP contribution in [0.1, 0.15) is 47.5 Å². The van der Waals surface area contributed by atoms with Crippen LogP contribution in [0.4, 0.5) is 0 Å². The van der Waals surface area contributed by atoms with Gasteiger partial charge in [0, 0.05) is 0 Å². The first-order valence-electron chi connectivity index (χ1n) is 5.58. The molecule has 0 amide bonds. The molecule has 1 fully saturated rings. The summed E-state index contributed by atoms with van der Waals surface area (Å²) in [6, 6.07) is 0. The lowest BCUT2D eigenvalue weighted by Crippen LogP contribution is -1.98. The van der Waals surface area contributed by atoms with E-state index in [1.807, 2.05) is 0 Å². The highest BCUT2D eigenvalue weighted by Crippen LogP contribution is 2.44. The number of hydrogen-bond donors (Lipinski definition) is 0. The van der Waals surface area contributed by atoms with Crippen molar-refractivity contribution in [1.29, 1.82) is 0 Å². The molecule has 0 heterocycles. The minimum atomic E-state index is 0.366. The summed E-state index contributed by atoms with van der Waals surface area (Å²) in [5.41, 5.74) is 0.366. The highest BCUT2D eigenvalue weighted by molar-refractivity contribution is 5.05. The van der Waals surface area contributed by atoms with E-state index in [4.69, 9.17) is 0 Å². The molecule has 0 aromatic heterocycles. The summed E-state index contributed by atoms with van der Waals surface area (Å²) in [4.78, 5) is 0. The summed E-state index contributed by atoms with van der Waals surface area (Å²) in [5, 5.41) is 0. The first-order chi connectivity index (χ1) is 5.88. The Labute approximate surface area is 83.4 Å². The zero-order chi connectivity index (χ0) is 10.1. The lowest BCUT2D eigenvalue weighted by atomic mass is 9.95. The predicted molar refractivity (Wildman–Crippen MR) is 59.6 cm³/mol. The molecule has 13 heavy (non-hydrogen) atoms. The van der Waals surface area contributed by atoms with E-state index in [2.05, 4.69) is 46.8 Å². The fourth-order valence-electron chi connectivity index (χ4n) is 1.80. The largest absolute Gasteiger partial charge is 0.0846 e. The van der Waals surface area contributed by atoms with Gasteiger partial charge in [0.15, 0.2) is 0 Å². The van der Waals surface area contributed by atoms with E-state index in [1.165, 1.54) is 12.8 Å². The molecule has 0 bridgehead atoms. The van der Waals surface area contributed by atoms with Crippen molar-refractivity contribution in [2.45, 2.75) is 47.5 Å². The van der Waals surface area contributed by atoms with Gasteiger partial charge in [0.05, 0.1) is 0 Å². The molecule has 0 radical (unpaired) electrons. The summed E-state index contributed by atoms with van der Waals surface area (Å²) >= 11 is 0. The van der Waals surface area contributed by atoms with Crippen molar-refractivity contribution in [3.63, 3.8) is 0 Å². The Balaban J connectivity index is 2.24. The quantitative estimate of drug-likeness (QED) is 0.569. The van der Waals surface area contributed by atoms with Crippen LogP contribution in [-0.4, -0.2) is 0 Å². The smallest absolute Gasteiger partial charge is 0.0202 e. The van der Waals surface area contributed by atoms with Gasteiger partial charge >= 0.3 is 0 Å². The van der Waals surface area contributed by atoms with Crippen molar-refractivity contribution >= 4 is 0 Å². The third-order valence-electron chi connectivity index (χ3n) is 2.59. The van der Waals surface area contributed by atoms with Crippen molar-refractivity contribution in [2.75, 3.05) is 0 Å². The SMILES string of the molecule is CC(C)CC1CC1/C=C/C(C)(C)C. The number of allylic oxidation sites excluding steroid dienone is 2. The normalized spacial score (nSPS) is 28.8. The summed E-state index contributed by atoms with van der Waals surface area (Å²) < 4.78 is 0. The summed E-state index contributed by atoms with van der Waals surface area (Å²) in [5.74, 6) is 2.78. The molecule has 0 nitrogen and oxygen atoms in total. The van der Waals surface area contributed by atoms with Crippen LogP contribution in [0.25, 0.3) is 0 Å². The van der Waals surface area contributed by atoms with Gasteiger partial charge in [0.1, 0.15) is 0 Å². The Bertz CT molecular complexity index is 181. The topological polar surface area (TPSA) is 0 Å². The molecule has 2 atom stereocenters. The van der Waals surface area contributed by atoms with Gasteiger partial charge in [-0.3, -0.25) is 0 Å². The fraction of sp³-hybridized carbons (Fsp3) is 0.846. The van der Waals surface area contributed by atoms with Gasteiger partial charge in [0.2, 0.25) is 0 Å². The van der Waals surface area contributed by atoms with Crippen molar-refractivity contribution in [3.05, 3.63) is 12.2 Å². The lowest BCUT2D eigenvalue weighted by molar-refractivity contribution is 0.521. The van der Waals surface area contributed by atoms with E-state index in [0.29, 0.717) is 5.41 Å². The van der Waals surface area contributed by atoms with Crippen molar-refractivity contribution in [1.82, 2.24) is 0 Å². The van der Waals surface area contributed by atoms with E-state index in [9.17, 15) is 0 Å². The van der Waals surface area contributed by atoms with Gasteiger partial charge in [-0.15, -0.1) is 0 Å². The molecule has 0 saturated heterocycles. The Morgan fingerprint density at radius 3 is 2.38 bits per heavy atom. The van der Waals surface area contributed by atoms with Crippen molar-refractivity contribution < 1.29 is 0 Å². The van der Waals surface area contributed by atoms with Crippen LogP contribution in [-0.2, 0) is 0 Å². The molecule has 2 unspecified atom stereocenters. The molecule has 0 spiro atoms. The third kappa shape index (κ3) is 4.50. The second-order valence-electron chi connectivity index (χ2n) is 6.01. The Hall–Kier alpha value is -0.260. The first kappa shape index (κ1) is 10.8. The summed E-state index contributed by atoms with van der Waals surface area (Å²) in [6.45, 7) is 11.4. The van der Waals surface area contributed by atoms with Crippen LogP contribution >= 0.6 is 0 Å². The average Bonchev–Trinajstić information content (AvgIpc) is 2.60. The second-order valence-corrected chi connectivity index (χ2v) is 6.01. The molecule has 76 valence electrons. The molecule has 0 aromatic rings. The van der Waals surface area contributed by atoms with E-state index in [-0.39, 0.29) is 0 Å². The fourth-order valence-corrected chi connectivity index (χ4v) is 1.80. The van der Waals surface area contributed by atoms with Gasteiger partial charge in [0.25, 0.3) is 0 Å². The molecule has 0 heteroatoms. The first-order valence-corrected chi connectivity index (χ1v) is 5.58. The van der Waals surface area contributed by atoms with E-state index >= 15 is 0 Å². The Morgan fingerprint density at radius 1 is 1.31 bits per heavy atom. The van der Waals surface area contributed by atoms with Crippen molar-refractivity contribution in [2.24, 2.45) is 23.2 Å². The van der Waals surface area contributed by atoms with Crippen LogP contribution < -0.4 is 0 Å². The minimum absolute atomic E-state index is 0.366. The van der Waals surface area contributed by atoms with Gasteiger partial charge in [-0.2, -0.15) is 0 Å². The Morgan fingerprint density at radius 2 is 1.92 bits per heavy atom. The molecule has 1 aliphatic rings. The predicted octanol–water partition coefficient (Wildman–Crippen LogP) is 4.27. The van der Waals surface area contributed by atoms with Crippen LogP contribution in [0.3, 0.4) is 0 Å². The monoisotopic (exact) mass is 180 g/mol. The molecule has 0 aromatic carbocycles. The molecule has 0 aliphatic heterocycles. The Kier molecular flexibility index (Phi) is 3.21. The third-order valence-corrected chi connectivity index (χ3v) is 2.59. The van der Waals surface area contributed by atoms with Crippen LogP contribution in [0.2, 0.25) is 0 Å². The zero-order valence-corrected chi connectivity index (χ0v) is 9.80. The van der Waals surface area contributed by atoms with Crippen LogP contribution in [0.5, 0.6) is 0 Å². The summed E-state index contributed by atoms with van der Waals surface area (Å²) in [6.07, 6.45) is 7.66. The van der Waals surface area contributed by atoms with E-state index < -0.39 is 0 Å². The number of rotatable bonds is 3. The van der Waals surface area contributed by atoms with Gasteiger partial charge in [-0.1, -0.05) is 46.8 Å². The standard InChI is InChI=1S/C13H24/c1-10(2)8-12-9-11(12)6-7-13(3,4)5/h6-7,10-12H,8-9H2,1-5H3/b7-6+. The van der Waals surface area contributed by atoms with E-state index in [0.717, 1.165) is 17.8 Å². The maximum Gasteiger partial charge on any atom is -0.0202 e. The lowest BCUT2D eigenvalue weighted by Gasteiger charge is -2.10. The molecular formula is C13H24. The minimum Gasteiger partial charge on any atom is -0.0846 e. The van der Waals surface area contributed by atoms with E-state index in [1.54, 1.807) is 0 Å². The second kappa shape index (κ2) is 3.86. The van der Waals surface area contributed by atoms with Gasteiger partial charge in [-0.05, 0) is 36.0 Å². The summed E-state index contributed by atoms with van der Waals surface area (Å²) in [7, 11) is 0. The number of hydrogen-bond acceptors (Lipinski definition) is 0. The van der Waals surface area contributed by atoms with Crippen LogP contribution in [0.15, 0.2) is 12.2 Å². The highest BCUT2D eigenvalue weighted by Gasteiger charge is 2.34. The van der Waals surface area contributed by atoms with Crippen LogP contribution in [0, 0.1) is 23.2 Å². The maximum atomic E-state index is 2.44.